The molecule has 1 N–H and O–H groups in total. The van der Waals surface area contributed by atoms with Crippen molar-refractivity contribution in [3.8, 4) is 0 Å². The highest BCUT2D eigenvalue weighted by atomic mass is 32.2. The molecule has 1 amide bonds. The smallest absolute Gasteiger partial charge is 0.238 e. The van der Waals surface area contributed by atoms with Crippen molar-refractivity contribution in [2.24, 2.45) is 0 Å². The normalized spacial score (nSPS) is 19.3. The van der Waals surface area contributed by atoms with Gasteiger partial charge in [-0.05, 0) is 31.2 Å². The summed E-state index contributed by atoms with van der Waals surface area (Å²) in [6.07, 6.45) is 0. The fraction of sp³-hybridized carbons (Fsp3) is 0.385. The summed E-state index contributed by atoms with van der Waals surface area (Å²) in [5.41, 5.74) is 1.41. The second-order valence-electron chi connectivity index (χ2n) is 4.06. The van der Waals surface area contributed by atoms with E-state index in [2.05, 4.69) is 5.32 Å². The Morgan fingerprint density at radius 2 is 1.94 bits per heavy atom. The number of carbonyl (C=O) groups is 2. The SMILES string of the molecule is CC(=O)c1ccc(NC(=O)C2CSCCS2)cc1. The minimum absolute atomic E-state index is 0.0344. The molecule has 1 aromatic carbocycles. The first-order valence-electron chi connectivity index (χ1n) is 5.78. The fourth-order valence-corrected chi connectivity index (χ4v) is 4.21. The van der Waals surface area contributed by atoms with Crippen LogP contribution < -0.4 is 5.32 Å². The number of hydrogen-bond donors (Lipinski definition) is 1. The summed E-state index contributed by atoms with van der Waals surface area (Å²) in [4.78, 5) is 23.1. The molecule has 0 bridgehead atoms. The number of benzene rings is 1. The maximum atomic E-state index is 12.0. The average Bonchev–Trinajstić information content (AvgIpc) is 2.40. The van der Waals surface area contributed by atoms with Crippen LogP contribution in [0.15, 0.2) is 24.3 Å². The molecular formula is C13H15NO2S2. The topological polar surface area (TPSA) is 46.2 Å². The number of carbonyl (C=O) groups excluding carboxylic acids is 2. The molecule has 1 unspecified atom stereocenters. The summed E-state index contributed by atoms with van der Waals surface area (Å²) in [6, 6.07) is 7.02. The lowest BCUT2D eigenvalue weighted by molar-refractivity contribution is -0.115. The third-order valence-electron chi connectivity index (χ3n) is 2.67. The number of Topliss-reactive ketones (excluding diaryl/α,β-unsaturated/α-hetero) is 1. The van der Waals surface area contributed by atoms with Crippen LogP contribution >= 0.6 is 23.5 Å². The molecule has 0 radical (unpaired) electrons. The van der Waals surface area contributed by atoms with E-state index in [0.717, 1.165) is 22.9 Å². The quantitative estimate of drug-likeness (QED) is 0.865. The van der Waals surface area contributed by atoms with Gasteiger partial charge in [-0.2, -0.15) is 11.8 Å². The first-order chi connectivity index (χ1) is 8.66. The molecule has 2 rings (SSSR count). The Labute approximate surface area is 115 Å². The number of amides is 1. The van der Waals surface area contributed by atoms with Crippen LogP contribution in [0.4, 0.5) is 5.69 Å². The van der Waals surface area contributed by atoms with Crippen molar-refractivity contribution < 1.29 is 9.59 Å². The van der Waals surface area contributed by atoms with Crippen LogP contribution in [-0.2, 0) is 4.79 Å². The Balaban J connectivity index is 1.96. The fourth-order valence-electron chi connectivity index (χ4n) is 1.65. The molecule has 18 heavy (non-hydrogen) atoms. The zero-order valence-corrected chi connectivity index (χ0v) is 11.8. The summed E-state index contributed by atoms with van der Waals surface area (Å²) in [5, 5.41) is 2.93. The highest BCUT2D eigenvalue weighted by Gasteiger charge is 2.22. The largest absolute Gasteiger partial charge is 0.325 e. The van der Waals surface area contributed by atoms with E-state index in [9.17, 15) is 9.59 Å². The lowest BCUT2D eigenvalue weighted by Crippen LogP contribution is -2.30. The Morgan fingerprint density at radius 3 is 2.50 bits per heavy atom. The molecule has 1 fully saturated rings. The number of ketones is 1. The number of hydrogen-bond acceptors (Lipinski definition) is 4. The Hall–Kier alpha value is -0.940. The van der Waals surface area contributed by atoms with Gasteiger partial charge in [-0.15, -0.1) is 11.8 Å². The van der Waals surface area contributed by atoms with Crippen molar-refractivity contribution in [2.45, 2.75) is 12.2 Å². The van der Waals surface area contributed by atoms with E-state index in [-0.39, 0.29) is 16.9 Å². The molecule has 0 aromatic heterocycles. The van der Waals surface area contributed by atoms with Gasteiger partial charge in [0.15, 0.2) is 5.78 Å². The van der Waals surface area contributed by atoms with E-state index in [0.29, 0.717) is 5.56 Å². The number of thioether (sulfide) groups is 2. The van der Waals surface area contributed by atoms with Gasteiger partial charge in [0.05, 0.1) is 5.25 Å². The van der Waals surface area contributed by atoms with Gasteiger partial charge in [-0.1, -0.05) is 0 Å². The number of nitrogens with one attached hydrogen (secondary N) is 1. The van der Waals surface area contributed by atoms with E-state index in [1.54, 1.807) is 36.0 Å². The van der Waals surface area contributed by atoms with Crippen molar-refractivity contribution in [2.75, 3.05) is 22.6 Å². The van der Waals surface area contributed by atoms with Crippen molar-refractivity contribution in [3.05, 3.63) is 29.8 Å². The zero-order chi connectivity index (χ0) is 13.0. The molecule has 5 heteroatoms. The van der Waals surface area contributed by atoms with Gasteiger partial charge in [0.25, 0.3) is 0 Å². The summed E-state index contributed by atoms with van der Waals surface area (Å²) in [7, 11) is 0. The molecule has 1 aliphatic rings. The molecule has 96 valence electrons. The van der Waals surface area contributed by atoms with Crippen LogP contribution in [0.1, 0.15) is 17.3 Å². The van der Waals surface area contributed by atoms with Gasteiger partial charge in [-0.25, -0.2) is 0 Å². The minimum atomic E-state index is 0.0344. The van der Waals surface area contributed by atoms with Crippen LogP contribution in [0.25, 0.3) is 0 Å². The van der Waals surface area contributed by atoms with Gasteiger partial charge in [0, 0.05) is 28.5 Å². The summed E-state index contributed by atoms with van der Waals surface area (Å²) in [5.74, 6) is 3.13. The predicted molar refractivity (Wildman–Crippen MR) is 78.6 cm³/mol. The lowest BCUT2D eigenvalue weighted by atomic mass is 10.1. The van der Waals surface area contributed by atoms with E-state index < -0.39 is 0 Å². The average molecular weight is 281 g/mol. The molecule has 0 spiro atoms. The second kappa shape index (κ2) is 6.29. The van der Waals surface area contributed by atoms with Gasteiger partial charge in [0.1, 0.15) is 0 Å². The molecule has 1 aromatic rings. The van der Waals surface area contributed by atoms with Crippen LogP contribution in [0.5, 0.6) is 0 Å². The van der Waals surface area contributed by atoms with E-state index in [4.69, 9.17) is 0 Å². The molecule has 1 saturated heterocycles. The summed E-state index contributed by atoms with van der Waals surface area (Å²) < 4.78 is 0. The maximum Gasteiger partial charge on any atom is 0.238 e. The van der Waals surface area contributed by atoms with Gasteiger partial charge < -0.3 is 5.32 Å². The molecule has 3 nitrogen and oxygen atoms in total. The second-order valence-corrected chi connectivity index (χ2v) is 6.52. The van der Waals surface area contributed by atoms with Crippen molar-refractivity contribution >= 4 is 40.9 Å². The minimum Gasteiger partial charge on any atom is -0.325 e. The Kier molecular flexibility index (Phi) is 4.72. The molecular weight excluding hydrogens is 266 g/mol. The summed E-state index contributed by atoms with van der Waals surface area (Å²) >= 11 is 3.53. The van der Waals surface area contributed by atoms with Crippen LogP contribution in [0.3, 0.4) is 0 Å². The summed E-state index contributed by atoms with van der Waals surface area (Å²) in [6.45, 7) is 1.53. The molecule has 1 heterocycles. The van der Waals surface area contributed by atoms with Crippen molar-refractivity contribution in [1.29, 1.82) is 0 Å². The first kappa shape index (κ1) is 13.5. The molecule has 1 atom stereocenters. The maximum absolute atomic E-state index is 12.0. The number of rotatable bonds is 3. The Morgan fingerprint density at radius 1 is 1.22 bits per heavy atom. The number of anilines is 1. The molecule has 0 saturated carbocycles. The standard InChI is InChI=1S/C13H15NO2S2/c1-9(15)10-2-4-11(5-3-10)14-13(16)12-8-17-6-7-18-12/h2-5,12H,6-8H2,1H3,(H,14,16). The van der Waals surface area contributed by atoms with Crippen molar-refractivity contribution in [1.82, 2.24) is 0 Å². The third-order valence-corrected chi connectivity index (χ3v) is 5.42. The van der Waals surface area contributed by atoms with E-state index in [1.165, 1.54) is 6.92 Å². The monoisotopic (exact) mass is 281 g/mol. The molecule has 1 aliphatic heterocycles. The zero-order valence-electron chi connectivity index (χ0n) is 10.1. The van der Waals surface area contributed by atoms with Gasteiger partial charge in [-0.3, -0.25) is 9.59 Å². The highest BCUT2D eigenvalue weighted by molar-refractivity contribution is 8.07. The highest BCUT2D eigenvalue weighted by Crippen LogP contribution is 2.25. The predicted octanol–water partition coefficient (Wildman–Crippen LogP) is 2.68. The van der Waals surface area contributed by atoms with Crippen molar-refractivity contribution in [3.63, 3.8) is 0 Å². The van der Waals surface area contributed by atoms with Crippen LogP contribution in [-0.4, -0.2) is 34.2 Å². The van der Waals surface area contributed by atoms with Crippen LogP contribution in [0, 0.1) is 0 Å². The van der Waals surface area contributed by atoms with E-state index in [1.807, 2.05) is 11.8 Å². The van der Waals surface area contributed by atoms with Gasteiger partial charge >= 0.3 is 0 Å². The molecule has 0 aliphatic carbocycles. The van der Waals surface area contributed by atoms with Crippen LogP contribution in [0.2, 0.25) is 0 Å². The first-order valence-corrected chi connectivity index (χ1v) is 7.98. The third kappa shape index (κ3) is 3.53. The van der Waals surface area contributed by atoms with E-state index >= 15 is 0 Å². The van der Waals surface area contributed by atoms with Gasteiger partial charge in [0.2, 0.25) is 5.91 Å². The Bertz CT molecular complexity index is 439. The lowest BCUT2D eigenvalue weighted by Gasteiger charge is -2.20.